The molecule has 1 heterocycles. The normalized spacial score (nSPS) is 18.4. The number of benzene rings is 3. The molecule has 6 rings (SSSR count). The highest BCUT2D eigenvalue weighted by Gasteiger charge is 2.45. The average molecular weight is 539 g/mol. The lowest BCUT2D eigenvalue weighted by Crippen LogP contribution is -2.27. The Morgan fingerprint density at radius 1 is 1.05 bits per heavy atom. The van der Waals surface area contributed by atoms with E-state index in [1.54, 1.807) is 17.0 Å². The summed E-state index contributed by atoms with van der Waals surface area (Å²) in [5, 5.41) is 13.2. The lowest BCUT2D eigenvalue weighted by atomic mass is 9.83. The predicted octanol–water partition coefficient (Wildman–Crippen LogP) is 7.29. The number of halogens is 1. The largest absolute Gasteiger partial charge is 0.512 e. The number of carbonyl (C=O) groups excluding carboxylic acids is 2. The molecule has 0 spiro atoms. The molecular weight excluding hydrogens is 503 g/mol. The van der Waals surface area contributed by atoms with Crippen molar-refractivity contribution in [1.82, 2.24) is 4.90 Å². The fourth-order valence-electron chi connectivity index (χ4n) is 6.55. The number of nitrogens with one attached hydrogen (secondary N) is 1. The standard InChI is InChI=1S/C34H35FN2O3/c1-22(38)34(16-17-34)19-24-6-4-9-27(18-24)36-32(39)31(25-7-2-3-8-25)26-14-12-23(13-15-26)20-37-21-29-28(33(37)40)10-5-11-30(29)35/h4-6,9-15,18,25,31,38H,1-3,7-8,16-17,19-21H2,(H,36,39)/t31-/m0/s1. The Morgan fingerprint density at radius 3 is 2.45 bits per heavy atom. The number of fused-ring (bicyclic) bond motifs is 1. The van der Waals surface area contributed by atoms with Gasteiger partial charge in [0.1, 0.15) is 5.82 Å². The molecule has 0 aromatic heterocycles. The molecule has 2 aliphatic carbocycles. The van der Waals surface area contributed by atoms with Gasteiger partial charge in [-0.15, -0.1) is 0 Å². The summed E-state index contributed by atoms with van der Waals surface area (Å²) in [6.45, 7) is 4.42. The van der Waals surface area contributed by atoms with Gasteiger partial charge in [-0.25, -0.2) is 4.39 Å². The second-order valence-electron chi connectivity index (χ2n) is 11.8. The molecule has 0 unspecified atom stereocenters. The molecule has 3 aromatic rings. The third kappa shape index (κ3) is 5.15. The molecule has 1 atom stereocenters. The van der Waals surface area contributed by atoms with Crippen LogP contribution in [-0.4, -0.2) is 21.8 Å². The lowest BCUT2D eigenvalue weighted by molar-refractivity contribution is -0.118. The number of rotatable bonds is 9. The van der Waals surface area contributed by atoms with Gasteiger partial charge >= 0.3 is 0 Å². The van der Waals surface area contributed by atoms with E-state index >= 15 is 0 Å². The molecule has 2 N–H and O–H groups in total. The van der Waals surface area contributed by atoms with Crippen LogP contribution in [0, 0.1) is 17.2 Å². The van der Waals surface area contributed by atoms with Crippen LogP contribution in [0.15, 0.2) is 79.1 Å². The van der Waals surface area contributed by atoms with Crippen molar-refractivity contribution >= 4 is 17.5 Å². The van der Waals surface area contributed by atoms with Gasteiger partial charge in [-0.1, -0.05) is 61.9 Å². The van der Waals surface area contributed by atoms with Crippen LogP contribution in [0.25, 0.3) is 0 Å². The van der Waals surface area contributed by atoms with Gasteiger partial charge in [-0.05, 0) is 79.0 Å². The summed E-state index contributed by atoms with van der Waals surface area (Å²) in [5.41, 5.74) is 4.44. The van der Waals surface area contributed by atoms with Crippen LogP contribution in [0.2, 0.25) is 0 Å². The third-order valence-electron chi connectivity index (χ3n) is 9.05. The van der Waals surface area contributed by atoms with Crippen molar-refractivity contribution in [3.05, 3.63) is 113 Å². The zero-order valence-corrected chi connectivity index (χ0v) is 22.7. The molecule has 206 valence electrons. The fourth-order valence-corrected chi connectivity index (χ4v) is 6.55. The van der Waals surface area contributed by atoms with Gasteiger partial charge < -0.3 is 15.3 Å². The van der Waals surface area contributed by atoms with Crippen molar-refractivity contribution in [1.29, 1.82) is 0 Å². The maximum absolute atomic E-state index is 14.2. The van der Waals surface area contributed by atoms with Crippen LogP contribution in [-0.2, 0) is 24.3 Å². The topological polar surface area (TPSA) is 69.6 Å². The summed E-state index contributed by atoms with van der Waals surface area (Å²) >= 11 is 0. The first-order valence-corrected chi connectivity index (χ1v) is 14.3. The predicted molar refractivity (Wildman–Crippen MR) is 153 cm³/mol. The minimum Gasteiger partial charge on any atom is -0.512 e. The smallest absolute Gasteiger partial charge is 0.254 e. The Kier molecular flexibility index (Phi) is 6.95. The quantitative estimate of drug-likeness (QED) is 0.281. The maximum Gasteiger partial charge on any atom is 0.254 e. The highest BCUT2D eigenvalue weighted by molar-refractivity contribution is 5.98. The van der Waals surface area contributed by atoms with Gasteiger partial charge in [0.2, 0.25) is 5.91 Å². The molecule has 5 nitrogen and oxygen atoms in total. The molecule has 6 heteroatoms. The fraction of sp³-hybridized carbons (Fsp3) is 0.353. The van der Waals surface area contributed by atoms with Crippen molar-refractivity contribution < 1.29 is 19.1 Å². The van der Waals surface area contributed by atoms with E-state index in [2.05, 4.69) is 11.9 Å². The third-order valence-corrected chi connectivity index (χ3v) is 9.05. The lowest BCUT2D eigenvalue weighted by Gasteiger charge is -2.24. The summed E-state index contributed by atoms with van der Waals surface area (Å²) in [6.07, 6.45) is 6.90. The van der Waals surface area contributed by atoms with Crippen molar-refractivity contribution in [3.63, 3.8) is 0 Å². The number of hydrogen-bond donors (Lipinski definition) is 2. The maximum atomic E-state index is 14.2. The number of anilines is 1. The Morgan fingerprint density at radius 2 is 1.77 bits per heavy atom. The van der Waals surface area contributed by atoms with E-state index in [0.29, 0.717) is 17.7 Å². The molecule has 0 bridgehead atoms. The van der Waals surface area contributed by atoms with E-state index in [0.717, 1.165) is 67.3 Å². The number of aliphatic hydroxyl groups is 1. The van der Waals surface area contributed by atoms with Crippen molar-refractivity contribution in [2.24, 2.45) is 11.3 Å². The summed E-state index contributed by atoms with van der Waals surface area (Å²) in [4.78, 5) is 28.2. The molecule has 2 saturated carbocycles. The molecule has 40 heavy (non-hydrogen) atoms. The van der Waals surface area contributed by atoms with Gasteiger partial charge in [-0.2, -0.15) is 0 Å². The summed E-state index contributed by atoms with van der Waals surface area (Å²) in [5.74, 6) is -0.244. The van der Waals surface area contributed by atoms with Gasteiger partial charge in [0.05, 0.1) is 18.2 Å². The average Bonchev–Trinajstić information content (AvgIpc) is 3.39. The van der Waals surface area contributed by atoms with E-state index in [9.17, 15) is 19.1 Å². The van der Waals surface area contributed by atoms with Crippen LogP contribution in [0.5, 0.6) is 0 Å². The molecular formula is C34H35FN2O3. The molecule has 2 fully saturated rings. The van der Waals surface area contributed by atoms with E-state index in [1.807, 2.05) is 48.5 Å². The molecule has 0 radical (unpaired) electrons. The zero-order chi connectivity index (χ0) is 27.9. The second-order valence-corrected chi connectivity index (χ2v) is 11.8. The van der Waals surface area contributed by atoms with Gasteiger partial charge in [0, 0.05) is 28.8 Å². The minimum absolute atomic E-state index is 0.00912. The SMILES string of the molecule is C=C(O)C1(Cc2cccc(NC(=O)[C@H](c3ccc(CN4Cc5c(F)cccc5C4=O)cc3)C3CCCC3)c2)CC1. The van der Waals surface area contributed by atoms with Crippen molar-refractivity contribution in [2.75, 3.05) is 5.32 Å². The number of allylic oxidation sites excluding steroid dienone is 1. The van der Waals surface area contributed by atoms with E-state index < -0.39 is 0 Å². The Bertz CT molecular complexity index is 1450. The summed E-state index contributed by atoms with van der Waals surface area (Å²) < 4.78 is 14.2. The number of nitrogens with zero attached hydrogens (tertiary/aromatic N) is 1. The first-order chi connectivity index (χ1) is 19.3. The number of carbonyl (C=O) groups is 2. The first kappa shape index (κ1) is 26.3. The Labute approximate surface area is 234 Å². The van der Waals surface area contributed by atoms with E-state index in [4.69, 9.17) is 0 Å². The van der Waals surface area contributed by atoms with E-state index in [1.165, 1.54) is 6.07 Å². The van der Waals surface area contributed by atoms with Crippen LogP contribution in [0.3, 0.4) is 0 Å². The number of amides is 2. The van der Waals surface area contributed by atoms with Crippen molar-refractivity contribution in [2.45, 2.75) is 64.0 Å². The number of hydrogen-bond acceptors (Lipinski definition) is 3. The first-order valence-electron chi connectivity index (χ1n) is 14.3. The van der Waals surface area contributed by atoms with Crippen LogP contribution in [0.1, 0.15) is 77.1 Å². The monoisotopic (exact) mass is 538 g/mol. The van der Waals surface area contributed by atoms with Gasteiger partial charge in [0.15, 0.2) is 0 Å². The van der Waals surface area contributed by atoms with Crippen LogP contribution < -0.4 is 5.32 Å². The van der Waals surface area contributed by atoms with Gasteiger partial charge in [0.25, 0.3) is 5.91 Å². The molecule has 0 saturated heterocycles. The summed E-state index contributed by atoms with van der Waals surface area (Å²) in [6, 6.07) is 20.5. The minimum atomic E-state index is -0.342. The molecule has 1 aliphatic heterocycles. The van der Waals surface area contributed by atoms with Crippen LogP contribution >= 0.6 is 0 Å². The second kappa shape index (κ2) is 10.6. The summed E-state index contributed by atoms with van der Waals surface area (Å²) in [7, 11) is 0. The molecule has 2 amide bonds. The van der Waals surface area contributed by atoms with Crippen LogP contribution in [0.4, 0.5) is 10.1 Å². The van der Waals surface area contributed by atoms with E-state index in [-0.39, 0.29) is 47.2 Å². The highest BCUT2D eigenvalue weighted by Crippen LogP contribution is 2.52. The van der Waals surface area contributed by atoms with Gasteiger partial charge in [-0.3, -0.25) is 9.59 Å². The Hall–Kier alpha value is -3.93. The molecule has 3 aromatic carbocycles. The number of aliphatic hydroxyl groups excluding tert-OH is 1. The van der Waals surface area contributed by atoms with Crippen molar-refractivity contribution in [3.8, 4) is 0 Å². The zero-order valence-electron chi connectivity index (χ0n) is 22.7. The molecule has 3 aliphatic rings. The Balaban J connectivity index is 1.16. The highest BCUT2D eigenvalue weighted by atomic mass is 19.1.